The number of alkyl halides is 3. The molecular weight excluding hydrogens is 397 g/mol. The quantitative estimate of drug-likeness (QED) is 0.678. The predicted octanol–water partition coefficient (Wildman–Crippen LogP) is 4.05. The summed E-state index contributed by atoms with van der Waals surface area (Å²) in [6.45, 7) is 1.88. The van der Waals surface area contributed by atoms with E-state index in [1.54, 1.807) is 12.1 Å². The molecule has 0 aliphatic heterocycles. The summed E-state index contributed by atoms with van der Waals surface area (Å²) < 4.78 is 41.1. The summed E-state index contributed by atoms with van der Waals surface area (Å²) in [5.74, 6) is -0.560. The van der Waals surface area contributed by atoms with E-state index in [1.807, 2.05) is 13.0 Å². The third kappa shape index (κ3) is 3.05. The van der Waals surface area contributed by atoms with Crippen molar-refractivity contribution in [1.29, 1.82) is 5.26 Å². The molecule has 1 heterocycles. The summed E-state index contributed by atoms with van der Waals surface area (Å²) in [7, 11) is 0. The van der Waals surface area contributed by atoms with Crippen molar-refractivity contribution in [3.05, 3.63) is 63.6 Å². The number of amides is 1. The van der Waals surface area contributed by atoms with Gasteiger partial charge in [0.1, 0.15) is 5.54 Å². The van der Waals surface area contributed by atoms with Gasteiger partial charge in [-0.1, -0.05) is 6.07 Å². The number of hydrogen-bond donors (Lipinski definition) is 2. The highest BCUT2D eigenvalue weighted by molar-refractivity contribution is 5.98. The molecule has 3 aromatic rings. The fraction of sp³-hybridized carbons (Fsp3) is 0.286. The molecule has 1 aliphatic rings. The van der Waals surface area contributed by atoms with Gasteiger partial charge in [-0.15, -0.1) is 0 Å². The molecule has 1 aromatic heterocycles. The smallest absolute Gasteiger partial charge is 0.324 e. The lowest BCUT2D eigenvalue weighted by molar-refractivity contribution is -0.137. The molecule has 30 heavy (non-hydrogen) atoms. The summed E-state index contributed by atoms with van der Waals surface area (Å²) in [5.41, 5.74) is -1.25. The van der Waals surface area contributed by atoms with Gasteiger partial charge in [-0.25, -0.2) is 4.79 Å². The molecule has 1 amide bonds. The number of aromatic nitrogens is 2. The monoisotopic (exact) mass is 414 g/mol. The molecule has 6 nitrogen and oxygen atoms in total. The van der Waals surface area contributed by atoms with Crippen LogP contribution >= 0.6 is 0 Å². The molecule has 0 unspecified atom stereocenters. The Morgan fingerprint density at radius 1 is 1.23 bits per heavy atom. The van der Waals surface area contributed by atoms with Gasteiger partial charge in [-0.2, -0.15) is 18.4 Å². The number of aryl methyl sites for hydroxylation is 1. The Morgan fingerprint density at radius 3 is 2.57 bits per heavy atom. The number of nitrogens with zero attached hydrogens (tertiary/aromatic N) is 2. The highest BCUT2D eigenvalue weighted by Gasteiger charge is 2.48. The van der Waals surface area contributed by atoms with E-state index in [0.29, 0.717) is 30.3 Å². The third-order valence-corrected chi connectivity index (χ3v) is 5.57. The second kappa shape index (κ2) is 6.76. The standard InChI is InChI=1S/C21H17F3N4O2/c1-12-3-6-17-16(9-12)27-19(30)28(17)20(7-2-8-20)18(29)26-14-5-4-13(11-25)15(10-14)21(22,23)24/h3-6,9-10H,2,7-8H2,1H3,(H,26,29)(H,27,30). The van der Waals surface area contributed by atoms with E-state index in [2.05, 4.69) is 10.3 Å². The first kappa shape index (κ1) is 19.8. The number of carbonyl (C=O) groups excluding carboxylic acids is 1. The van der Waals surface area contributed by atoms with Gasteiger partial charge in [-0.05, 0) is 62.1 Å². The highest BCUT2D eigenvalue weighted by atomic mass is 19.4. The highest BCUT2D eigenvalue weighted by Crippen LogP contribution is 2.41. The molecule has 154 valence electrons. The van der Waals surface area contributed by atoms with E-state index < -0.39 is 34.4 Å². The number of anilines is 1. The van der Waals surface area contributed by atoms with E-state index in [-0.39, 0.29) is 5.69 Å². The number of nitriles is 1. The molecule has 0 spiro atoms. The van der Waals surface area contributed by atoms with Crippen LogP contribution in [0.1, 0.15) is 36.0 Å². The van der Waals surface area contributed by atoms with E-state index >= 15 is 0 Å². The first-order valence-electron chi connectivity index (χ1n) is 9.30. The van der Waals surface area contributed by atoms with Crippen LogP contribution in [0.15, 0.2) is 41.2 Å². The van der Waals surface area contributed by atoms with Gasteiger partial charge in [0.2, 0.25) is 0 Å². The van der Waals surface area contributed by atoms with Gasteiger partial charge in [0.25, 0.3) is 5.91 Å². The fourth-order valence-electron chi connectivity index (χ4n) is 3.92. The van der Waals surface area contributed by atoms with E-state index in [9.17, 15) is 22.8 Å². The van der Waals surface area contributed by atoms with Crippen molar-refractivity contribution >= 4 is 22.6 Å². The van der Waals surface area contributed by atoms with Crippen LogP contribution in [0.4, 0.5) is 18.9 Å². The van der Waals surface area contributed by atoms with Crippen LogP contribution in [0.2, 0.25) is 0 Å². The fourth-order valence-corrected chi connectivity index (χ4v) is 3.92. The number of carbonyl (C=O) groups is 1. The van der Waals surface area contributed by atoms with Crippen molar-refractivity contribution in [2.45, 2.75) is 37.9 Å². The van der Waals surface area contributed by atoms with Gasteiger partial charge < -0.3 is 10.3 Å². The summed E-state index contributed by atoms with van der Waals surface area (Å²) in [6, 6.07) is 9.89. The lowest BCUT2D eigenvalue weighted by Crippen LogP contribution is -2.54. The summed E-state index contributed by atoms with van der Waals surface area (Å²) in [5, 5.41) is 11.4. The Kier molecular flexibility index (Phi) is 4.45. The molecule has 2 aromatic carbocycles. The van der Waals surface area contributed by atoms with Gasteiger partial charge in [0.05, 0.1) is 28.2 Å². The molecule has 0 radical (unpaired) electrons. The molecule has 4 rings (SSSR count). The topological polar surface area (TPSA) is 90.7 Å². The maximum Gasteiger partial charge on any atom is 0.417 e. The average Bonchev–Trinajstić information content (AvgIpc) is 2.95. The van der Waals surface area contributed by atoms with Crippen molar-refractivity contribution in [2.24, 2.45) is 0 Å². The van der Waals surface area contributed by atoms with Crippen LogP contribution in [0, 0.1) is 18.3 Å². The predicted molar refractivity (Wildman–Crippen MR) is 104 cm³/mol. The number of aromatic amines is 1. The molecule has 1 fully saturated rings. The SMILES string of the molecule is Cc1ccc2c(c1)[nH]c(=O)n2C1(C(=O)Nc2ccc(C#N)c(C(F)(F)F)c2)CCC1. The van der Waals surface area contributed by atoms with Crippen LogP contribution in [0.3, 0.4) is 0 Å². The Labute approximate surface area is 168 Å². The molecule has 9 heteroatoms. The van der Waals surface area contributed by atoms with Crippen molar-refractivity contribution in [3.63, 3.8) is 0 Å². The first-order chi connectivity index (χ1) is 14.2. The van der Waals surface area contributed by atoms with Crippen molar-refractivity contribution in [1.82, 2.24) is 9.55 Å². The lowest BCUT2D eigenvalue weighted by atomic mass is 9.75. The normalized spacial score (nSPS) is 15.4. The number of imidazole rings is 1. The van der Waals surface area contributed by atoms with Gasteiger partial charge >= 0.3 is 11.9 Å². The minimum absolute atomic E-state index is 0.0821. The second-order valence-corrected chi connectivity index (χ2v) is 7.50. The Hall–Kier alpha value is -3.54. The summed E-state index contributed by atoms with van der Waals surface area (Å²) in [4.78, 5) is 28.6. The maximum atomic E-state index is 13.2. The Morgan fingerprint density at radius 2 is 1.97 bits per heavy atom. The Bertz CT molecular complexity index is 1260. The van der Waals surface area contributed by atoms with Gasteiger partial charge in [-0.3, -0.25) is 9.36 Å². The number of hydrogen-bond acceptors (Lipinski definition) is 3. The van der Waals surface area contributed by atoms with Gasteiger partial charge in [0.15, 0.2) is 0 Å². The zero-order valence-corrected chi connectivity index (χ0v) is 15.9. The summed E-state index contributed by atoms with van der Waals surface area (Å²) in [6.07, 6.45) is -3.24. The molecule has 0 atom stereocenters. The largest absolute Gasteiger partial charge is 0.417 e. The number of benzene rings is 2. The average molecular weight is 414 g/mol. The summed E-state index contributed by atoms with van der Waals surface area (Å²) >= 11 is 0. The zero-order chi connectivity index (χ0) is 21.7. The number of nitrogens with one attached hydrogen (secondary N) is 2. The van der Waals surface area contributed by atoms with Crippen molar-refractivity contribution in [3.8, 4) is 6.07 Å². The van der Waals surface area contributed by atoms with E-state index in [1.165, 1.54) is 16.7 Å². The molecule has 1 aliphatic carbocycles. The van der Waals surface area contributed by atoms with Crippen molar-refractivity contribution in [2.75, 3.05) is 5.32 Å². The lowest BCUT2D eigenvalue weighted by Gasteiger charge is -2.41. The van der Waals surface area contributed by atoms with E-state index in [0.717, 1.165) is 17.7 Å². The second-order valence-electron chi connectivity index (χ2n) is 7.50. The third-order valence-electron chi connectivity index (χ3n) is 5.57. The number of fused-ring (bicyclic) bond motifs is 1. The first-order valence-corrected chi connectivity index (χ1v) is 9.30. The number of rotatable bonds is 3. The van der Waals surface area contributed by atoms with Crippen LogP contribution in [0.25, 0.3) is 11.0 Å². The zero-order valence-electron chi connectivity index (χ0n) is 15.9. The maximum absolute atomic E-state index is 13.2. The van der Waals surface area contributed by atoms with Crippen LogP contribution in [-0.2, 0) is 16.5 Å². The van der Waals surface area contributed by atoms with E-state index in [4.69, 9.17) is 5.26 Å². The molecule has 0 bridgehead atoms. The van der Waals surface area contributed by atoms with Crippen molar-refractivity contribution < 1.29 is 18.0 Å². The van der Waals surface area contributed by atoms with Crippen LogP contribution in [0.5, 0.6) is 0 Å². The van der Waals surface area contributed by atoms with Crippen LogP contribution in [-0.4, -0.2) is 15.5 Å². The minimum Gasteiger partial charge on any atom is -0.324 e. The number of halogens is 3. The minimum atomic E-state index is -4.73. The molecule has 0 saturated heterocycles. The van der Waals surface area contributed by atoms with Crippen LogP contribution < -0.4 is 11.0 Å². The Balaban J connectivity index is 1.74. The van der Waals surface area contributed by atoms with Gasteiger partial charge in [0, 0.05) is 5.69 Å². The molecule has 1 saturated carbocycles. The number of H-pyrrole nitrogens is 1. The molecule has 2 N–H and O–H groups in total. The molecular formula is C21H17F3N4O2.